The van der Waals surface area contributed by atoms with Crippen molar-refractivity contribution in [2.24, 2.45) is 5.41 Å². The van der Waals surface area contributed by atoms with Crippen LogP contribution < -0.4 is 5.32 Å². The van der Waals surface area contributed by atoms with Crippen molar-refractivity contribution in [3.05, 3.63) is 12.3 Å². The molecule has 1 heterocycles. The number of hydrogen-bond acceptors (Lipinski definition) is 4. The van der Waals surface area contributed by atoms with Gasteiger partial charge in [-0.2, -0.15) is 5.26 Å². The number of rotatable bonds is 3. The third kappa shape index (κ3) is 1.91. The minimum Gasteiger partial charge on any atom is -0.363 e. The van der Waals surface area contributed by atoms with Gasteiger partial charge in [-0.05, 0) is 13.3 Å². The number of aromatic nitrogens is 1. The summed E-state index contributed by atoms with van der Waals surface area (Å²) in [5.41, 5.74) is -1.01. The lowest BCUT2D eigenvalue weighted by Gasteiger charge is -2.16. The molecule has 74 valence electrons. The smallest absolute Gasteiger partial charge is 0.245 e. The number of anilines is 1. The molecule has 0 aliphatic rings. The molecule has 1 aromatic rings. The van der Waals surface area contributed by atoms with E-state index in [1.54, 1.807) is 13.8 Å². The van der Waals surface area contributed by atoms with Crippen molar-refractivity contribution < 1.29 is 9.32 Å². The van der Waals surface area contributed by atoms with Gasteiger partial charge in [0.15, 0.2) is 5.82 Å². The van der Waals surface area contributed by atoms with Crippen molar-refractivity contribution in [3.63, 3.8) is 0 Å². The Morgan fingerprint density at radius 2 is 2.57 bits per heavy atom. The topological polar surface area (TPSA) is 78.9 Å². The molecule has 0 aliphatic carbocycles. The first-order chi connectivity index (χ1) is 6.62. The molecule has 5 nitrogen and oxygen atoms in total. The summed E-state index contributed by atoms with van der Waals surface area (Å²) in [6.45, 7) is 3.37. The van der Waals surface area contributed by atoms with Gasteiger partial charge in [-0.1, -0.05) is 12.1 Å². The molecule has 1 aromatic heterocycles. The molecule has 0 aliphatic heterocycles. The molecule has 0 fully saturated rings. The number of carbonyl (C=O) groups is 1. The summed E-state index contributed by atoms with van der Waals surface area (Å²) in [5.74, 6) is -0.0404. The predicted molar refractivity (Wildman–Crippen MR) is 49.1 cm³/mol. The first-order valence-electron chi connectivity index (χ1n) is 4.25. The number of nitriles is 1. The van der Waals surface area contributed by atoms with E-state index >= 15 is 0 Å². The molecule has 1 N–H and O–H groups in total. The lowest BCUT2D eigenvalue weighted by Crippen LogP contribution is -2.31. The van der Waals surface area contributed by atoms with Crippen molar-refractivity contribution in [2.45, 2.75) is 20.3 Å². The van der Waals surface area contributed by atoms with Crippen molar-refractivity contribution in [1.29, 1.82) is 5.26 Å². The van der Waals surface area contributed by atoms with Crippen LogP contribution in [0.4, 0.5) is 5.82 Å². The number of hydrogen-bond donors (Lipinski definition) is 1. The predicted octanol–water partition coefficient (Wildman–Crippen LogP) is 1.55. The summed E-state index contributed by atoms with van der Waals surface area (Å²) in [7, 11) is 0. The first kappa shape index (κ1) is 10.3. The molecular formula is C9H11N3O2. The quantitative estimate of drug-likeness (QED) is 0.789. The highest BCUT2D eigenvalue weighted by Crippen LogP contribution is 2.21. The van der Waals surface area contributed by atoms with Gasteiger partial charge in [0, 0.05) is 6.07 Å². The molecule has 14 heavy (non-hydrogen) atoms. The third-order valence-electron chi connectivity index (χ3n) is 2.13. The lowest BCUT2D eigenvalue weighted by molar-refractivity contribution is -0.122. The van der Waals surface area contributed by atoms with Crippen molar-refractivity contribution in [3.8, 4) is 6.07 Å². The van der Waals surface area contributed by atoms with Gasteiger partial charge in [0.25, 0.3) is 0 Å². The molecule has 1 amide bonds. The normalized spacial score (nSPS) is 14.1. The average molecular weight is 193 g/mol. The van der Waals surface area contributed by atoms with E-state index in [1.165, 1.54) is 12.3 Å². The fraction of sp³-hybridized carbons (Fsp3) is 0.444. The molecule has 5 heteroatoms. The van der Waals surface area contributed by atoms with Crippen LogP contribution in [0.1, 0.15) is 20.3 Å². The number of carbonyl (C=O) groups excluding carboxylic acids is 1. The molecular weight excluding hydrogens is 182 g/mol. The van der Waals surface area contributed by atoms with E-state index < -0.39 is 5.41 Å². The zero-order chi connectivity index (χ0) is 10.6. The van der Waals surface area contributed by atoms with E-state index in [1.807, 2.05) is 6.07 Å². The summed E-state index contributed by atoms with van der Waals surface area (Å²) >= 11 is 0. The van der Waals surface area contributed by atoms with Gasteiger partial charge in [0.05, 0.1) is 6.07 Å². The Hall–Kier alpha value is -1.83. The van der Waals surface area contributed by atoms with Crippen molar-refractivity contribution in [1.82, 2.24) is 5.16 Å². The molecule has 0 aromatic carbocycles. The average Bonchev–Trinajstić information content (AvgIpc) is 2.69. The zero-order valence-corrected chi connectivity index (χ0v) is 8.07. The van der Waals surface area contributed by atoms with Gasteiger partial charge in [-0.15, -0.1) is 0 Å². The van der Waals surface area contributed by atoms with Crippen LogP contribution in [0.25, 0.3) is 0 Å². The van der Waals surface area contributed by atoms with E-state index in [0.29, 0.717) is 12.2 Å². The second kappa shape index (κ2) is 3.92. The molecule has 1 unspecified atom stereocenters. The zero-order valence-electron chi connectivity index (χ0n) is 8.07. The van der Waals surface area contributed by atoms with E-state index in [0.717, 1.165) is 0 Å². The van der Waals surface area contributed by atoms with E-state index in [-0.39, 0.29) is 5.91 Å². The van der Waals surface area contributed by atoms with E-state index in [4.69, 9.17) is 5.26 Å². The van der Waals surface area contributed by atoms with Crippen LogP contribution in [0.5, 0.6) is 0 Å². The monoisotopic (exact) mass is 193 g/mol. The summed E-state index contributed by atoms with van der Waals surface area (Å²) in [6, 6.07) is 3.49. The van der Waals surface area contributed by atoms with Gasteiger partial charge < -0.3 is 9.84 Å². The van der Waals surface area contributed by atoms with E-state index in [2.05, 4.69) is 15.0 Å². The minimum atomic E-state index is -1.01. The van der Waals surface area contributed by atoms with Gasteiger partial charge >= 0.3 is 0 Å². The Bertz CT molecular complexity index is 353. The van der Waals surface area contributed by atoms with Crippen LogP contribution in [0.15, 0.2) is 16.9 Å². The highest BCUT2D eigenvalue weighted by atomic mass is 16.5. The Balaban J connectivity index is 2.72. The molecule has 0 spiro atoms. The van der Waals surface area contributed by atoms with Gasteiger partial charge in [-0.3, -0.25) is 4.79 Å². The second-order valence-corrected chi connectivity index (χ2v) is 3.14. The molecule has 1 atom stereocenters. The van der Waals surface area contributed by atoms with Crippen LogP contribution in [0.2, 0.25) is 0 Å². The van der Waals surface area contributed by atoms with Crippen LogP contribution in [0, 0.1) is 16.7 Å². The Morgan fingerprint density at radius 3 is 3.00 bits per heavy atom. The molecule has 0 bridgehead atoms. The largest absolute Gasteiger partial charge is 0.363 e. The Morgan fingerprint density at radius 1 is 1.86 bits per heavy atom. The standard InChI is InChI=1S/C9H11N3O2/c1-3-9(2,6-10)8(13)11-7-4-5-14-12-7/h4-5H,3H2,1-2H3,(H,11,12,13). The van der Waals surface area contributed by atoms with Crippen LogP contribution in [0.3, 0.4) is 0 Å². The summed E-state index contributed by atoms with van der Waals surface area (Å²) in [5, 5.41) is 14.8. The number of nitrogens with zero attached hydrogens (tertiary/aromatic N) is 2. The van der Waals surface area contributed by atoms with Crippen LogP contribution in [-0.2, 0) is 4.79 Å². The third-order valence-corrected chi connectivity index (χ3v) is 2.13. The number of amides is 1. The minimum absolute atomic E-state index is 0.324. The van der Waals surface area contributed by atoms with Gasteiger partial charge in [0.2, 0.25) is 5.91 Å². The first-order valence-corrected chi connectivity index (χ1v) is 4.25. The fourth-order valence-electron chi connectivity index (χ4n) is 0.822. The highest BCUT2D eigenvalue weighted by Gasteiger charge is 2.31. The lowest BCUT2D eigenvalue weighted by atomic mass is 9.88. The summed E-state index contributed by atoms with van der Waals surface area (Å²) < 4.78 is 4.55. The summed E-state index contributed by atoms with van der Waals surface area (Å²) in [6.07, 6.45) is 1.80. The summed E-state index contributed by atoms with van der Waals surface area (Å²) in [4.78, 5) is 11.6. The van der Waals surface area contributed by atoms with E-state index in [9.17, 15) is 4.79 Å². The maximum absolute atomic E-state index is 11.6. The van der Waals surface area contributed by atoms with Crippen LogP contribution in [-0.4, -0.2) is 11.1 Å². The maximum atomic E-state index is 11.6. The SMILES string of the molecule is CCC(C)(C#N)C(=O)Nc1ccon1. The van der Waals surface area contributed by atoms with Crippen molar-refractivity contribution in [2.75, 3.05) is 5.32 Å². The van der Waals surface area contributed by atoms with Gasteiger partial charge in [0.1, 0.15) is 11.7 Å². The number of nitrogens with one attached hydrogen (secondary N) is 1. The van der Waals surface area contributed by atoms with Gasteiger partial charge in [-0.25, -0.2) is 0 Å². The Labute approximate surface area is 81.7 Å². The molecule has 0 radical (unpaired) electrons. The highest BCUT2D eigenvalue weighted by molar-refractivity contribution is 5.96. The van der Waals surface area contributed by atoms with Crippen molar-refractivity contribution >= 4 is 11.7 Å². The fourth-order valence-corrected chi connectivity index (χ4v) is 0.822. The maximum Gasteiger partial charge on any atom is 0.245 e. The Kier molecular flexibility index (Phi) is 2.87. The molecule has 0 saturated heterocycles. The second-order valence-electron chi connectivity index (χ2n) is 3.14. The van der Waals surface area contributed by atoms with Crippen LogP contribution >= 0.6 is 0 Å². The molecule has 0 saturated carbocycles. The molecule has 1 rings (SSSR count).